The molecule has 9 aromatic rings. The van der Waals surface area contributed by atoms with Crippen molar-refractivity contribution in [1.29, 1.82) is 0 Å². The molecule has 0 saturated heterocycles. The molecule has 3 nitrogen and oxygen atoms in total. The summed E-state index contributed by atoms with van der Waals surface area (Å²) in [5.74, 6) is 1.96. The minimum absolute atomic E-state index is 0. The Balaban J connectivity index is 0.00000420. The molecule has 0 amide bonds. The molecule has 0 fully saturated rings. The quantitative estimate of drug-likeness (QED) is 0.170. The summed E-state index contributed by atoms with van der Waals surface area (Å²) in [6, 6.07) is 67.4. The summed E-state index contributed by atoms with van der Waals surface area (Å²) in [7, 11) is 0. The molecular formula is C56H43N3. The smallest absolute Gasteiger partial charge is 0.164 e. The van der Waals surface area contributed by atoms with Gasteiger partial charge in [0.15, 0.2) is 17.5 Å². The molecule has 0 radical (unpaired) electrons. The number of nitrogens with zero attached hydrogens (tertiary/aromatic N) is 3. The first kappa shape index (κ1) is 36.1. The van der Waals surface area contributed by atoms with E-state index in [2.05, 4.69) is 141 Å². The molecule has 0 N–H and O–H groups in total. The number of hydrogen-bond donors (Lipinski definition) is 0. The lowest BCUT2D eigenvalue weighted by Crippen LogP contribution is -2.14. The molecule has 8 aromatic carbocycles. The molecule has 3 heteroatoms. The first-order chi connectivity index (χ1) is 28.5. The highest BCUT2D eigenvalue weighted by molar-refractivity contribution is 5.91. The van der Waals surface area contributed by atoms with Crippen LogP contribution in [0.15, 0.2) is 188 Å². The molecule has 0 unspecified atom stereocenters. The van der Waals surface area contributed by atoms with Gasteiger partial charge in [-0.3, -0.25) is 0 Å². The van der Waals surface area contributed by atoms with Crippen LogP contribution in [-0.4, -0.2) is 15.0 Å². The van der Waals surface area contributed by atoms with Gasteiger partial charge in [0.05, 0.1) is 0 Å². The van der Waals surface area contributed by atoms with Gasteiger partial charge in [-0.15, -0.1) is 0 Å². The lowest BCUT2D eigenvalue weighted by Gasteiger charge is -2.22. The van der Waals surface area contributed by atoms with Crippen molar-refractivity contribution >= 4 is 0 Å². The zero-order valence-corrected chi connectivity index (χ0v) is 32.4. The third-order valence-electron chi connectivity index (χ3n) is 12.2. The molecular weight excluding hydrogens is 715 g/mol. The average Bonchev–Trinajstić information content (AvgIpc) is 3.79. The summed E-state index contributed by atoms with van der Waals surface area (Å²) in [5, 5.41) is 0. The third-order valence-corrected chi connectivity index (χ3v) is 12.2. The second kappa shape index (κ2) is 14.3. The maximum Gasteiger partial charge on any atom is 0.164 e. The van der Waals surface area contributed by atoms with Crippen LogP contribution in [0.4, 0.5) is 0 Å². The molecule has 0 spiro atoms. The van der Waals surface area contributed by atoms with Crippen LogP contribution < -0.4 is 0 Å². The van der Waals surface area contributed by atoms with Crippen molar-refractivity contribution in [1.82, 2.24) is 15.0 Å². The van der Waals surface area contributed by atoms with Gasteiger partial charge in [0.1, 0.15) is 0 Å². The van der Waals surface area contributed by atoms with Crippen molar-refractivity contribution in [2.45, 2.75) is 33.1 Å². The van der Waals surface area contributed by atoms with Crippen LogP contribution in [0, 0.1) is 0 Å². The SMILES string of the molecule is C.CC1(C)c2ccccc2-c2ccc(-c3cccc4c3Cc3c(-c5cccc(-c6cccc(-c7nc(-c8ccccc8)nc(-c8ccccc8)n7)c6)c5)cccc3-4)cc21. The van der Waals surface area contributed by atoms with Gasteiger partial charge in [-0.05, 0) is 103 Å². The fourth-order valence-electron chi connectivity index (χ4n) is 9.29. The molecule has 2 aliphatic carbocycles. The molecule has 11 rings (SSSR count). The normalized spacial score (nSPS) is 12.8. The van der Waals surface area contributed by atoms with Crippen LogP contribution in [0.25, 0.3) is 89.8 Å². The Bertz CT molecular complexity index is 3000. The number of rotatable bonds is 6. The molecule has 0 atom stereocenters. The molecule has 0 aliphatic heterocycles. The van der Waals surface area contributed by atoms with Gasteiger partial charge in [-0.25, -0.2) is 15.0 Å². The minimum Gasteiger partial charge on any atom is -0.208 e. The van der Waals surface area contributed by atoms with E-state index in [1.54, 1.807) is 0 Å². The van der Waals surface area contributed by atoms with Crippen molar-refractivity contribution in [3.8, 4) is 89.8 Å². The Kier molecular flexibility index (Phi) is 8.76. The maximum absolute atomic E-state index is 5.00. The number of aromatic nitrogens is 3. The van der Waals surface area contributed by atoms with Crippen molar-refractivity contribution < 1.29 is 0 Å². The Morgan fingerprint density at radius 1 is 0.322 bits per heavy atom. The van der Waals surface area contributed by atoms with E-state index in [-0.39, 0.29) is 12.8 Å². The minimum atomic E-state index is -0.0396. The first-order valence-electron chi connectivity index (χ1n) is 20.1. The monoisotopic (exact) mass is 757 g/mol. The van der Waals surface area contributed by atoms with E-state index in [1.165, 1.54) is 66.8 Å². The molecule has 0 bridgehead atoms. The van der Waals surface area contributed by atoms with Gasteiger partial charge in [0, 0.05) is 22.1 Å². The van der Waals surface area contributed by atoms with Crippen LogP contribution in [0.2, 0.25) is 0 Å². The standard InChI is InChI=1S/C55H39N3.CH4/c1-55(2)50-28-10-9-23-46(50)47-30-29-40(33-51(47)55)43-25-14-27-45-44-26-13-24-42(48(44)34-49(43)45)39-21-11-19-37(31-39)38-20-12-22-41(32-38)54-57-52(35-15-5-3-6-16-35)56-53(58-54)36-17-7-4-8-18-36;/h3-33H,34H2,1-2H3;1H4. The lowest BCUT2D eigenvalue weighted by molar-refractivity contribution is 0.660. The van der Waals surface area contributed by atoms with Gasteiger partial charge >= 0.3 is 0 Å². The van der Waals surface area contributed by atoms with E-state index in [1.807, 2.05) is 60.7 Å². The summed E-state index contributed by atoms with van der Waals surface area (Å²) < 4.78 is 0. The summed E-state index contributed by atoms with van der Waals surface area (Å²) in [4.78, 5) is 14.9. The fourth-order valence-corrected chi connectivity index (χ4v) is 9.29. The second-order valence-electron chi connectivity index (χ2n) is 16.0. The van der Waals surface area contributed by atoms with Gasteiger partial charge in [-0.2, -0.15) is 0 Å². The van der Waals surface area contributed by atoms with Gasteiger partial charge in [-0.1, -0.05) is 191 Å². The second-order valence-corrected chi connectivity index (χ2v) is 16.0. The number of hydrogen-bond acceptors (Lipinski definition) is 3. The van der Waals surface area contributed by atoms with Crippen LogP contribution in [0.3, 0.4) is 0 Å². The molecule has 1 aromatic heterocycles. The Hall–Kier alpha value is -7.23. The third kappa shape index (κ3) is 6.09. The zero-order chi connectivity index (χ0) is 38.8. The van der Waals surface area contributed by atoms with E-state index in [9.17, 15) is 0 Å². The topological polar surface area (TPSA) is 38.7 Å². The van der Waals surface area contributed by atoms with Crippen LogP contribution in [0.5, 0.6) is 0 Å². The largest absolute Gasteiger partial charge is 0.208 e. The first-order valence-corrected chi connectivity index (χ1v) is 20.1. The predicted octanol–water partition coefficient (Wildman–Crippen LogP) is 14.4. The summed E-state index contributed by atoms with van der Waals surface area (Å²) in [6.07, 6.45) is 0.893. The Labute approximate surface area is 346 Å². The molecule has 2 aliphatic rings. The highest BCUT2D eigenvalue weighted by Crippen LogP contribution is 2.51. The fraction of sp³-hybridized carbons (Fsp3) is 0.0893. The van der Waals surface area contributed by atoms with Crippen LogP contribution >= 0.6 is 0 Å². The molecule has 282 valence electrons. The highest BCUT2D eigenvalue weighted by Gasteiger charge is 2.35. The molecule has 59 heavy (non-hydrogen) atoms. The number of fused-ring (bicyclic) bond motifs is 6. The maximum atomic E-state index is 5.00. The molecule has 0 saturated carbocycles. The van der Waals surface area contributed by atoms with E-state index >= 15 is 0 Å². The Morgan fingerprint density at radius 3 is 1.34 bits per heavy atom. The van der Waals surface area contributed by atoms with Crippen molar-refractivity contribution in [2.75, 3.05) is 0 Å². The van der Waals surface area contributed by atoms with E-state index in [4.69, 9.17) is 15.0 Å². The summed E-state index contributed by atoms with van der Waals surface area (Å²) in [6.45, 7) is 4.72. The van der Waals surface area contributed by atoms with E-state index in [0.717, 1.165) is 34.2 Å². The van der Waals surface area contributed by atoms with Crippen molar-refractivity contribution in [3.05, 3.63) is 210 Å². The van der Waals surface area contributed by atoms with E-state index < -0.39 is 0 Å². The predicted molar refractivity (Wildman–Crippen MR) is 245 cm³/mol. The average molecular weight is 758 g/mol. The van der Waals surface area contributed by atoms with Crippen LogP contribution in [0.1, 0.15) is 43.5 Å². The van der Waals surface area contributed by atoms with Gasteiger partial charge in [0.25, 0.3) is 0 Å². The van der Waals surface area contributed by atoms with Crippen molar-refractivity contribution in [3.63, 3.8) is 0 Å². The Morgan fingerprint density at radius 2 is 0.729 bits per heavy atom. The highest BCUT2D eigenvalue weighted by atomic mass is 15.0. The van der Waals surface area contributed by atoms with Crippen LogP contribution in [-0.2, 0) is 11.8 Å². The van der Waals surface area contributed by atoms with Crippen molar-refractivity contribution in [2.24, 2.45) is 0 Å². The van der Waals surface area contributed by atoms with Gasteiger partial charge < -0.3 is 0 Å². The van der Waals surface area contributed by atoms with Gasteiger partial charge in [0.2, 0.25) is 0 Å². The number of benzene rings is 8. The zero-order valence-electron chi connectivity index (χ0n) is 32.4. The summed E-state index contributed by atoms with van der Waals surface area (Å²) in [5.41, 5.74) is 21.2. The summed E-state index contributed by atoms with van der Waals surface area (Å²) >= 11 is 0. The molecule has 1 heterocycles. The lowest BCUT2D eigenvalue weighted by atomic mass is 9.81. The van der Waals surface area contributed by atoms with E-state index in [0.29, 0.717) is 17.5 Å².